The number of nitrogens with one attached hydrogen (secondary N) is 1. The average molecular weight is 494 g/mol. The van der Waals surface area contributed by atoms with Gasteiger partial charge in [-0.05, 0) is 53.8 Å². The van der Waals surface area contributed by atoms with Crippen LogP contribution in [0.3, 0.4) is 0 Å². The van der Waals surface area contributed by atoms with Gasteiger partial charge in [0.25, 0.3) is 5.91 Å². The number of anilines is 1. The van der Waals surface area contributed by atoms with Gasteiger partial charge in [0.2, 0.25) is 0 Å². The van der Waals surface area contributed by atoms with Crippen LogP contribution in [0.25, 0.3) is 0 Å². The highest BCUT2D eigenvalue weighted by Crippen LogP contribution is 2.28. The molecule has 1 N–H and O–H groups in total. The van der Waals surface area contributed by atoms with Crippen molar-refractivity contribution in [2.45, 2.75) is 38.1 Å². The minimum absolute atomic E-state index is 0.0105. The first-order valence-electron chi connectivity index (χ1n) is 11.4. The van der Waals surface area contributed by atoms with Crippen molar-refractivity contribution in [2.24, 2.45) is 11.0 Å². The summed E-state index contributed by atoms with van der Waals surface area (Å²) in [4.78, 5) is 24.0. The number of hydrazone groups is 1. The molecule has 2 atom stereocenters. The van der Waals surface area contributed by atoms with Gasteiger partial charge < -0.3 is 14.5 Å². The number of hydrogen-bond acceptors (Lipinski definition) is 7. The molecule has 0 saturated carbocycles. The minimum Gasteiger partial charge on any atom is -0.459 e. The maximum Gasteiger partial charge on any atom is 0.291 e. The van der Waals surface area contributed by atoms with E-state index in [0.29, 0.717) is 18.7 Å². The van der Waals surface area contributed by atoms with Crippen LogP contribution in [-0.2, 0) is 27.8 Å². The molecule has 0 aliphatic carbocycles. The molecule has 8 nitrogen and oxygen atoms in total. The number of carbonyl (C=O) groups excluding carboxylic acids is 2. The number of amides is 1. The van der Waals surface area contributed by atoms with E-state index in [-0.39, 0.29) is 29.4 Å². The maximum atomic E-state index is 12.2. The van der Waals surface area contributed by atoms with Crippen molar-refractivity contribution < 1.29 is 22.4 Å². The van der Waals surface area contributed by atoms with Crippen LogP contribution < -0.4 is 5.32 Å². The fourth-order valence-corrected chi connectivity index (χ4v) is 4.67. The van der Waals surface area contributed by atoms with Crippen LogP contribution in [0.15, 0.2) is 76.4 Å². The first kappa shape index (κ1) is 24.4. The molecule has 0 bridgehead atoms. The van der Waals surface area contributed by atoms with Gasteiger partial charge in [0.15, 0.2) is 5.76 Å². The Morgan fingerprint density at radius 1 is 1.11 bits per heavy atom. The summed E-state index contributed by atoms with van der Waals surface area (Å²) >= 11 is 0. The third-order valence-corrected chi connectivity index (χ3v) is 6.67. The Labute approximate surface area is 205 Å². The number of nitrogens with zero attached hydrogens (tertiary/aromatic N) is 2. The van der Waals surface area contributed by atoms with Gasteiger partial charge in [-0.25, -0.2) is 8.42 Å². The van der Waals surface area contributed by atoms with Crippen LogP contribution >= 0.6 is 0 Å². The molecule has 4 rings (SSSR count). The number of hydrogen-bond donors (Lipinski definition) is 2. The Balaban J connectivity index is 1.52. The van der Waals surface area contributed by atoms with E-state index in [1.54, 1.807) is 29.3 Å². The number of rotatable bonds is 9. The third-order valence-electron chi connectivity index (χ3n) is 6.04. The van der Waals surface area contributed by atoms with Crippen LogP contribution in [0, 0.1) is 5.92 Å². The largest absolute Gasteiger partial charge is 0.459 e. The molecule has 2 aromatic carbocycles. The molecular formula is C26H27N3O5S. The second-order valence-electron chi connectivity index (χ2n) is 8.44. The summed E-state index contributed by atoms with van der Waals surface area (Å²) in [5.74, 6) is 0.0465. The summed E-state index contributed by atoms with van der Waals surface area (Å²) in [7, 11) is -2.48. The van der Waals surface area contributed by atoms with E-state index in [4.69, 9.17) is 9.52 Å². The van der Waals surface area contributed by atoms with Crippen molar-refractivity contribution >= 4 is 34.3 Å². The highest BCUT2D eigenvalue weighted by Gasteiger charge is 2.30. The third kappa shape index (κ3) is 6.05. The van der Waals surface area contributed by atoms with Gasteiger partial charge in [-0.3, -0.25) is 9.80 Å². The number of carbonyl (C=O) groups is 2. The van der Waals surface area contributed by atoms with Gasteiger partial charge in [0, 0.05) is 11.6 Å². The molecule has 1 amide bonds. The molecule has 1 aliphatic rings. The van der Waals surface area contributed by atoms with Gasteiger partial charge >= 0.3 is 0 Å². The Kier molecular flexibility index (Phi) is 7.77. The molecule has 182 valence electrons. The van der Waals surface area contributed by atoms with Gasteiger partial charge in [-0.1, -0.05) is 43.3 Å². The lowest BCUT2D eigenvalue weighted by Crippen LogP contribution is -2.41. The zero-order valence-corrected chi connectivity index (χ0v) is 20.2. The lowest BCUT2D eigenvalue weighted by Gasteiger charge is -2.35. The Morgan fingerprint density at radius 2 is 1.83 bits per heavy atom. The molecule has 9 heteroatoms. The number of furan rings is 1. The average Bonchev–Trinajstić information content (AvgIpc) is 3.40. The highest BCUT2D eigenvalue weighted by molar-refractivity contribution is 7.71. The molecule has 0 fully saturated rings. The second kappa shape index (κ2) is 11.1. The first-order chi connectivity index (χ1) is 17.0. The molecule has 0 radical (unpaired) electrons. The van der Waals surface area contributed by atoms with Gasteiger partial charge in [0.05, 0.1) is 24.3 Å². The van der Waals surface area contributed by atoms with Crippen LogP contribution in [0.5, 0.6) is 0 Å². The van der Waals surface area contributed by atoms with E-state index >= 15 is 0 Å². The van der Waals surface area contributed by atoms with Crippen LogP contribution in [0.4, 0.5) is 5.69 Å². The summed E-state index contributed by atoms with van der Waals surface area (Å²) in [6.07, 6.45) is 3.88. The van der Waals surface area contributed by atoms with E-state index in [2.05, 4.69) is 12.2 Å². The van der Waals surface area contributed by atoms with Crippen molar-refractivity contribution in [3.63, 3.8) is 0 Å². The lowest BCUT2D eigenvalue weighted by molar-refractivity contribution is -0.113. The summed E-state index contributed by atoms with van der Waals surface area (Å²) in [6.45, 7) is 2.51. The monoisotopic (exact) mass is 493 g/mol. The Hall–Kier alpha value is -3.72. The zero-order valence-electron chi connectivity index (χ0n) is 19.3. The summed E-state index contributed by atoms with van der Waals surface area (Å²) in [6, 6.07) is 17.7. The van der Waals surface area contributed by atoms with Crippen LogP contribution in [0.2, 0.25) is 0 Å². The van der Waals surface area contributed by atoms with Crippen molar-refractivity contribution in [3.05, 3.63) is 89.4 Å². The summed E-state index contributed by atoms with van der Waals surface area (Å²) in [5.41, 5.74) is 4.13. The predicted octanol–water partition coefficient (Wildman–Crippen LogP) is 3.85. The van der Waals surface area contributed by atoms with Crippen molar-refractivity contribution in [1.29, 1.82) is 0 Å². The smallest absolute Gasteiger partial charge is 0.291 e. The fraction of sp³-hybridized carbons (Fsp3) is 0.269. The van der Waals surface area contributed by atoms with E-state index in [1.807, 2.05) is 36.4 Å². The number of aldehydes is 1. The van der Waals surface area contributed by atoms with Crippen LogP contribution in [0.1, 0.15) is 47.0 Å². The maximum absolute atomic E-state index is 12.2. The van der Waals surface area contributed by atoms with E-state index < -0.39 is 10.7 Å². The highest BCUT2D eigenvalue weighted by atomic mass is 32.2. The topological polar surface area (TPSA) is 109 Å². The molecule has 35 heavy (non-hydrogen) atoms. The SMILES string of the molecule is CCC1CC(C=O)N(Cc2ccc(NC(=O)c3ccco3)cc2)N=C1c1ccc(C[SH](=O)=O)cc1. The van der Waals surface area contributed by atoms with E-state index in [0.717, 1.165) is 35.1 Å². The standard InChI is InChI=1S/C26H27N3O5S/c1-2-20-14-23(16-30)29(28-25(20)21-9-5-19(6-10-21)17-35(32)33)15-18-7-11-22(12-8-18)27-26(31)24-4-3-13-34-24/h3-13,16,20,23,35H,2,14-15,17H2,1H3,(H,27,31). The first-order valence-corrected chi connectivity index (χ1v) is 12.8. The van der Waals surface area contributed by atoms with Gasteiger partial charge in [-0.2, -0.15) is 5.10 Å². The molecule has 3 aromatic rings. The van der Waals surface area contributed by atoms with Crippen molar-refractivity contribution in [1.82, 2.24) is 5.01 Å². The Bertz CT molecular complexity index is 1260. The molecule has 1 aliphatic heterocycles. The molecule has 1 aromatic heterocycles. The molecule has 2 heterocycles. The Morgan fingerprint density at radius 3 is 2.43 bits per heavy atom. The van der Waals surface area contributed by atoms with E-state index in [1.165, 1.54) is 6.26 Å². The predicted molar refractivity (Wildman–Crippen MR) is 134 cm³/mol. The molecular weight excluding hydrogens is 466 g/mol. The normalized spacial score (nSPS) is 17.8. The summed E-state index contributed by atoms with van der Waals surface area (Å²) in [5, 5.41) is 9.45. The number of benzene rings is 2. The summed E-state index contributed by atoms with van der Waals surface area (Å²) < 4.78 is 27.1. The zero-order chi connectivity index (χ0) is 24.8. The second-order valence-corrected chi connectivity index (χ2v) is 9.42. The van der Waals surface area contributed by atoms with Crippen molar-refractivity contribution in [3.8, 4) is 0 Å². The lowest BCUT2D eigenvalue weighted by atomic mass is 9.87. The van der Waals surface area contributed by atoms with Gasteiger partial charge in [-0.15, -0.1) is 0 Å². The fourth-order valence-electron chi connectivity index (χ4n) is 4.16. The minimum atomic E-state index is -2.48. The number of thiol groups is 1. The van der Waals surface area contributed by atoms with E-state index in [9.17, 15) is 18.0 Å². The quantitative estimate of drug-likeness (QED) is 0.346. The van der Waals surface area contributed by atoms with Crippen molar-refractivity contribution in [2.75, 3.05) is 5.32 Å². The molecule has 0 spiro atoms. The van der Waals surface area contributed by atoms with Gasteiger partial charge in [0.1, 0.15) is 23.0 Å². The molecule has 2 unspecified atom stereocenters. The van der Waals surface area contributed by atoms with Crippen LogP contribution in [-0.4, -0.2) is 37.4 Å². The molecule has 0 saturated heterocycles.